The Morgan fingerprint density at radius 3 is 2.21 bits per heavy atom. The highest BCUT2D eigenvalue weighted by atomic mass is 16.4. The minimum Gasteiger partial charge on any atom is -0.480 e. The molecule has 2 saturated carbocycles. The van der Waals surface area contributed by atoms with Crippen molar-refractivity contribution in [3.8, 4) is 0 Å². The lowest BCUT2D eigenvalue weighted by atomic mass is 10.1. The van der Waals surface area contributed by atoms with Gasteiger partial charge in [0.2, 0.25) is 0 Å². The van der Waals surface area contributed by atoms with Crippen molar-refractivity contribution in [2.75, 3.05) is 6.54 Å². The molecule has 2 atom stereocenters. The van der Waals surface area contributed by atoms with Crippen molar-refractivity contribution < 1.29 is 19.8 Å². The maximum Gasteiger partial charge on any atom is 0.326 e. The lowest BCUT2D eigenvalue weighted by molar-refractivity contribution is -0.141. The van der Waals surface area contributed by atoms with E-state index in [1.165, 1.54) is 4.90 Å². The molecule has 0 radical (unpaired) electrons. The number of nitrogens with zero attached hydrogens (tertiary/aromatic N) is 1. The Balaban J connectivity index is 1.63. The van der Waals surface area contributed by atoms with Crippen LogP contribution in [0.4, 0.5) is 4.79 Å². The molecule has 0 aromatic rings. The van der Waals surface area contributed by atoms with Crippen LogP contribution in [0.2, 0.25) is 0 Å². The highest BCUT2D eigenvalue weighted by molar-refractivity contribution is 5.83. The van der Waals surface area contributed by atoms with E-state index in [2.05, 4.69) is 5.32 Å². The quantitative estimate of drug-likeness (QED) is 0.688. The van der Waals surface area contributed by atoms with E-state index >= 15 is 0 Å². The first-order valence-corrected chi connectivity index (χ1v) is 7.04. The van der Waals surface area contributed by atoms with Gasteiger partial charge >= 0.3 is 12.0 Å². The van der Waals surface area contributed by atoms with Gasteiger partial charge in [-0.05, 0) is 37.5 Å². The van der Waals surface area contributed by atoms with E-state index in [1.54, 1.807) is 0 Å². The van der Waals surface area contributed by atoms with E-state index < -0.39 is 18.1 Å². The lowest BCUT2D eigenvalue weighted by Crippen LogP contribution is -2.50. The van der Waals surface area contributed by atoms with Crippen LogP contribution in [0.5, 0.6) is 0 Å². The van der Waals surface area contributed by atoms with Crippen LogP contribution in [-0.2, 0) is 4.79 Å². The second-order valence-corrected chi connectivity index (χ2v) is 6.05. The Kier molecular flexibility index (Phi) is 3.12. The number of nitrogens with one attached hydrogen (secondary N) is 1. The van der Waals surface area contributed by atoms with Gasteiger partial charge in [0.1, 0.15) is 6.04 Å². The van der Waals surface area contributed by atoms with Crippen LogP contribution in [-0.4, -0.2) is 51.8 Å². The first-order valence-electron chi connectivity index (χ1n) is 7.04. The van der Waals surface area contributed by atoms with Crippen LogP contribution < -0.4 is 5.32 Å². The van der Waals surface area contributed by atoms with Crippen LogP contribution in [0.3, 0.4) is 0 Å². The summed E-state index contributed by atoms with van der Waals surface area (Å²) in [6, 6.07) is -1.01. The third kappa shape index (κ3) is 2.68. The molecule has 2 aliphatic carbocycles. The fraction of sp³-hybridized carbons (Fsp3) is 0.846. The Morgan fingerprint density at radius 2 is 1.74 bits per heavy atom. The Morgan fingerprint density at radius 1 is 1.16 bits per heavy atom. The molecule has 1 heterocycles. The number of amides is 2. The fourth-order valence-electron chi connectivity index (χ4n) is 3.03. The largest absolute Gasteiger partial charge is 0.480 e. The number of hydrogen-bond donors (Lipinski definition) is 3. The van der Waals surface area contributed by atoms with Gasteiger partial charge in [0.25, 0.3) is 0 Å². The second kappa shape index (κ2) is 4.67. The SMILES string of the molecule is O=C(O)[C@@H]1CC(O)CN1C(=O)NC(C1CC1)C1CC1. The number of likely N-dealkylation sites (tertiary alicyclic amines) is 1. The fourth-order valence-corrected chi connectivity index (χ4v) is 3.03. The van der Waals surface area contributed by atoms with E-state index in [1.807, 2.05) is 0 Å². The predicted octanol–water partition coefficient (Wildman–Crippen LogP) is 0.404. The first kappa shape index (κ1) is 12.7. The number of carbonyl (C=O) groups is 2. The van der Waals surface area contributed by atoms with Gasteiger partial charge in [-0.15, -0.1) is 0 Å². The molecule has 0 aromatic carbocycles. The van der Waals surface area contributed by atoms with Crippen molar-refractivity contribution in [1.82, 2.24) is 10.2 Å². The van der Waals surface area contributed by atoms with Gasteiger partial charge in [0, 0.05) is 19.0 Å². The molecular formula is C13H20N2O4. The predicted molar refractivity (Wildman–Crippen MR) is 66.5 cm³/mol. The zero-order chi connectivity index (χ0) is 13.6. The minimum absolute atomic E-state index is 0.116. The average molecular weight is 268 g/mol. The van der Waals surface area contributed by atoms with Crippen LogP contribution >= 0.6 is 0 Å². The highest BCUT2D eigenvalue weighted by Gasteiger charge is 2.45. The number of carbonyl (C=O) groups excluding carboxylic acids is 1. The number of aliphatic hydroxyl groups is 1. The molecule has 6 heteroatoms. The summed E-state index contributed by atoms with van der Waals surface area (Å²) in [6.07, 6.45) is 4.03. The Hall–Kier alpha value is -1.30. The number of hydrogen-bond acceptors (Lipinski definition) is 3. The van der Waals surface area contributed by atoms with Gasteiger partial charge < -0.3 is 20.4 Å². The van der Waals surface area contributed by atoms with Crippen molar-refractivity contribution in [1.29, 1.82) is 0 Å². The molecule has 1 aliphatic heterocycles. The molecule has 3 fully saturated rings. The van der Waals surface area contributed by atoms with Gasteiger partial charge in [0.05, 0.1) is 6.10 Å². The number of aliphatic hydroxyl groups excluding tert-OH is 1. The number of carboxylic acid groups (broad SMARTS) is 1. The molecule has 0 aromatic heterocycles. The topological polar surface area (TPSA) is 89.9 Å². The Bertz CT molecular complexity index is 380. The number of aliphatic carboxylic acids is 1. The molecule has 106 valence electrons. The number of urea groups is 1. The standard InChI is InChI=1S/C13H20N2O4/c16-9-5-10(12(17)18)15(6-9)13(19)14-11(7-1-2-7)8-3-4-8/h7-11,16H,1-6H2,(H,14,19)(H,17,18)/t9?,10-/m0/s1. The molecule has 2 amide bonds. The second-order valence-electron chi connectivity index (χ2n) is 6.05. The summed E-state index contributed by atoms with van der Waals surface area (Å²) in [5, 5.41) is 21.7. The van der Waals surface area contributed by atoms with E-state index in [9.17, 15) is 14.7 Å². The normalized spacial score (nSPS) is 30.7. The summed E-state index contributed by atoms with van der Waals surface area (Å²) in [6.45, 7) is 0.116. The highest BCUT2D eigenvalue weighted by Crippen LogP contribution is 2.44. The van der Waals surface area contributed by atoms with Crippen LogP contribution in [0.1, 0.15) is 32.1 Å². The summed E-state index contributed by atoms with van der Waals surface area (Å²) in [5.74, 6) is 0.112. The van der Waals surface area contributed by atoms with Crippen LogP contribution in [0.15, 0.2) is 0 Å². The summed E-state index contributed by atoms with van der Waals surface area (Å²) < 4.78 is 0. The third-order valence-electron chi connectivity index (χ3n) is 4.37. The molecule has 0 spiro atoms. The van der Waals surface area contributed by atoms with Gasteiger partial charge in [-0.2, -0.15) is 0 Å². The monoisotopic (exact) mass is 268 g/mol. The number of carboxylic acids is 1. The maximum atomic E-state index is 12.2. The van der Waals surface area contributed by atoms with Gasteiger partial charge in [-0.1, -0.05) is 0 Å². The van der Waals surface area contributed by atoms with E-state index in [4.69, 9.17) is 5.11 Å². The summed E-state index contributed by atoms with van der Waals surface area (Å²) in [5.41, 5.74) is 0. The van der Waals surface area contributed by atoms with Crippen LogP contribution in [0.25, 0.3) is 0 Å². The van der Waals surface area contributed by atoms with Crippen molar-refractivity contribution in [2.24, 2.45) is 11.8 Å². The van der Waals surface area contributed by atoms with Crippen molar-refractivity contribution in [3.63, 3.8) is 0 Å². The van der Waals surface area contributed by atoms with Gasteiger partial charge in [0.15, 0.2) is 0 Å². The molecular weight excluding hydrogens is 248 g/mol. The average Bonchev–Trinajstić information content (AvgIpc) is 3.23. The number of rotatable bonds is 4. The number of β-amino-alcohol motifs (C(OH)–C–C–N with tert-alkyl or cyclic N) is 1. The summed E-state index contributed by atoms with van der Waals surface area (Å²) in [4.78, 5) is 24.6. The van der Waals surface area contributed by atoms with Crippen molar-refractivity contribution in [2.45, 2.75) is 50.3 Å². The van der Waals surface area contributed by atoms with Crippen LogP contribution in [0, 0.1) is 11.8 Å². The molecule has 19 heavy (non-hydrogen) atoms. The summed E-state index contributed by atoms with van der Waals surface area (Å²) >= 11 is 0. The zero-order valence-electron chi connectivity index (χ0n) is 10.8. The maximum absolute atomic E-state index is 12.2. The van der Waals surface area contributed by atoms with E-state index in [0.717, 1.165) is 25.7 Å². The molecule has 3 N–H and O–H groups in total. The molecule has 6 nitrogen and oxygen atoms in total. The molecule has 3 rings (SSSR count). The molecule has 0 bridgehead atoms. The first-order chi connectivity index (χ1) is 9.06. The van der Waals surface area contributed by atoms with Gasteiger partial charge in [-0.25, -0.2) is 9.59 Å². The molecule has 3 aliphatic rings. The van der Waals surface area contributed by atoms with Crippen molar-refractivity contribution >= 4 is 12.0 Å². The Labute approximate surface area is 111 Å². The lowest BCUT2D eigenvalue weighted by Gasteiger charge is -2.25. The molecule has 1 unspecified atom stereocenters. The minimum atomic E-state index is -1.04. The summed E-state index contributed by atoms with van der Waals surface area (Å²) in [7, 11) is 0. The van der Waals surface area contributed by atoms with Crippen molar-refractivity contribution in [3.05, 3.63) is 0 Å². The van der Waals surface area contributed by atoms with E-state index in [-0.39, 0.29) is 25.0 Å². The third-order valence-corrected chi connectivity index (χ3v) is 4.37. The van der Waals surface area contributed by atoms with Gasteiger partial charge in [-0.3, -0.25) is 0 Å². The zero-order valence-corrected chi connectivity index (χ0v) is 10.8. The van der Waals surface area contributed by atoms with E-state index in [0.29, 0.717) is 11.8 Å². The smallest absolute Gasteiger partial charge is 0.326 e. The molecule has 1 saturated heterocycles.